The van der Waals surface area contributed by atoms with E-state index < -0.39 is 0 Å². The van der Waals surface area contributed by atoms with Gasteiger partial charge in [0.2, 0.25) is 0 Å². The highest BCUT2D eigenvalue weighted by atomic mass is 16.3. The van der Waals surface area contributed by atoms with E-state index in [1.54, 1.807) is 0 Å². The molecule has 2 aromatic rings. The van der Waals surface area contributed by atoms with Gasteiger partial charge in [-0.1, -0.05) is 54.6 Å². The van der Waals surface area contributed by atoms with Crippen LogP contribution in [0.2, 0.25) is 0 Å². The predicted octanol–water partition coefficient (Wildman–Crippen LogP) is 3.88. The molecule has 0 bridgehead atoms. The van der Waals surface area contributed by atoms with Gasteiger partial charge in [-0.15, -0.1) is 0 Å². The van der Waals surface area contributed by atoms with Crippen molar-refractivity contribution in [3.63, 3.8) is 0 Å². The van der Waals surface area contributed by atoms with Gasteiger partial charge in [0.15, 0.2) is 0 Å². The van der Waals surface area contributed by atoms with Crippen LogP contribution >= 0.6 is 0 Å². The van der Waals surface area contributed by atoms with Gasteiger partial charge in [0.05, 0.1) is 6.61 Å². The highest BCUT2D eigenvalue weighted by molar-refractivity contribution is 5.25. The number of hydrogen-bond acceptors (Lipinski definition) is 3. The molecule has 1 aliphatic rings. The van der Waals surface area contributed by atoms with E-state index in [0.717, 1.165) is 18.7 Å². The number of piperidine rings is 1. The fourth-order valence-corrected chi connectivity index (χ4v) is 3.84. The maximum Gasteiger partial charge on any atom is 0.0681 e. The summed E-state index contributed by atoms with van der Waals surface area (Å²) >= 11 is 0. The fraction of sp³-hybridized carbons (Fsp3) is 0.455. The SMILES string of the molecule is CC(NC1CCN(Cc2ccccc2)C(C)C1)c1cccc(CO)c1. The molecule has 1 fully saturated rings. The summed E-state index contributed by atoms with van der Waals surface area (Å²) < 4.78 is 0. The molecule has 3 nitrogen and oxygen atoms in total. The molecule has 0 saturated carbocycles. The van der Waals surface area contributed by atoms with Crippen molar-refractivity contribution in [3.05, 3.63) is 71.3 Å². The maximum absolute atomic E-state index is 9.32. The molecule has 0 amide bonds. The highest BCUT2D eigenvalue weighted by Crippen LogP contribution is 2.23. The largest absolute Gasteiger partial charge is 0.392 e. The van der Waals surface area contributed by atoms with Crippen molar-refractivity contribution in [1.29, 1.82) is 0 Å². The molecule has 3 heteroatoms. The summed E-state index contributed by atoms with van der Waals surface area (Å²) in [6.07, 6.45) is 2.36. The molecule has 0 radical (unpaired) electrons. The van der Waals surface area contributed by atoms with Crippen LogP contribution in [0.5, 0.6) is 0 Å². The molecular formula is C22H30N2O. The Morgan fingerprint density at radius 3 is 2.60 bits per heavy atom. The minimum Gasteiger partial charge on any atom is -0.392 e. The van der Waals surface area contributed by atoms with E-state index in [2.05, 4.69) is 66.5 Å². The van der Waals surface area contributed by atoms with Crippen LogP contribution < -0.4 is 5.32 Å². The zero-order chi connectivity index (χ0) is 17.6. The highest BCUT2D eigenvalue weighted by Gasteiger charge is 2.26. The molecule has 134 valence electrons. The monoisotopic (exact) mass is 338 g/mol. The Morgan fingerprint density at radius 2 is 1.88 bits per heavy atom. The van der Waals surface area contributed by atoms with Gasteiger partial charge < -0.3 is 10.4 Å². The lowest BCUT2D eigenvalue weighted by Gasteiger charge is -2.39. The number of hydrogen-bond donors (Lipinski definition) is 2. The molecule has 0 aromatic heterocycles. The third-order valence-electron chi connectivity index (χ3n) is 5.36. The average molecular weight is 338 g/mol. The first-order chi connectivity index (χ1) is 12.2. The average Bonchev–Trinajstić information content (AvgIpc) is 2.65. The van der Waals surface area contributed by atoms with Crippen LogP contribution in [0.3, 0.4) is 0 Å². The molecule has 0 spiro atoms. The summed E-state index contributed by atoms with van der Waals surface area (Å²) in [6, 6.07) is 20.5. The van der Waals surface area contributed by atoms with Crippen molar-refractivity contribution in [3.8, 4) is 0 Å². The van der Waals surface area contributed by atoms with Crippen molar-refractivity contribution >= 4 is 0 Å². The van der Waals surface area contributed by atoms with Gasteiger partial charge in [0.1, 0.15) is 0 Å². The van der Waals surface area contributed by atoms with Crippen LogP contribution in [-0.4, -0.2) is 28.6 Å². The van der Waals surface area contributed by atoms with Gasteiger partial charge >= 0.3 is 0 Å². The molecule has 1 aliphatic heterocycles. The Balaban J connectivity index is 1.54. The third-order valence-corrected chi connectivity index (χ3v) is 5.36. The zero-order valence-electron chi connectivity index (χ0n) is 15.4. The standard InChI is InChI=1S/C22H30N2O/c1-17-13-22(11-12-24(17)15-19-7-4-3-5-8-19)23-18(2)21-10-6-9-20(14-21)16-25/h3-10,14,17-18,22-23,25H,11-13,15-16H2,1-2H3. The van der Waals surface area contributed by atoms with Gasteiger partial charge in [-0.05, 0) is 43.4 Å². The third kappa shape index (κ3) is 4.91. The van der Waals surface area contributed by atoms with E-state index in [-0.39, 0.29) is 6.61 Å². The molecule has 2 N–H and O–H groups in total. The predicted molar refractivity (Wildman–Crippen MR) is 103 cm³/mol. The zero-order valence-corrected chi connectivity index (χ0v) is 15.4. The van der Waals surface area contributed by atoms with Crippen LogP contribution in [0, 0.1) is 0 Å². The van der Waals surface area contributed by atoms with Crippen LogP contribution in [0.4, 0.5) is 0 Å². The Bertz CT molecular complexity index is 658. The second kappa shape index (κ2) is 8.61. The number of benzene rings is 2. The second-order valence-electron chi connectivity index (χ2n) is 7.32. The van der Waals surface area contributed by atoms with Gasteiger partial charge in [-0.2, -0.15) is 0 Å². The Morgan fingerprint density at radius 1 is 1.12 bits per heavy atom. The molecule has 3 rings (SSSR count). The lowest BCUT2D eigenvalue weighted by molar-refractivity contribution is 0.125. The second-order valence-corrected chi connectivity index (χ2v) is 7.32. The Labute approximate surface area is 151 Å². The minimum atomic E-state index is 0.107. The van der Waals surface area contributed by atoms with Crippen molar-refractivity contribution in [2.24, 2.45) is 0 Å². The summed E-state index contributed by atoms with van der Waals surface area (Å²) in [5.74, 6) is 0. The summed E-state index contributed by atoms with van der Waals surface area (Å²) in [6.45, 7) is 6.85. The van der Waals surface area contributed by atoms with Gasteiger partial charge in [0, 0.05) is 31.2 Å². The molecule has 3 atom stereocenters. The number of nitrogens with zero attached hydrogens (tertiary/aromatic N) is 1. The lowest BCUT2D eigenvalue weighted by Crippen LogP contribution is -2.47. The quantitative estimate of drug-likeness (QED) is 0.839. The van der Waals surface area contributed by atoms with Gasteiger partial charge in [-0.25, -0.2) is 0 Å². The topological polar surface area (TPSA) is 35.5 Å². The van der Waals surface area contributed by atoms with Crippen molar-refractivity contribution < 1.29 is 5.11 Å². The molecule has 1 heterocycles. The van der Waals surface area contributed by atoms with E-state index in [0.29, 0.717) is 18.1 Å². The summed E-state index contributed by atoms with van der Waals surface area (Å²) in [4.78, 5) is 2.59. The molecule has 2 aromatic carbocycles. The molecule has 0 aliphatic carbocycles. The first-order valence-corrected chi connectivity index (χ1v) is 9.39. The van der Waals surface area contributed by atoms with E-state index in [9.17, 15) is 5.11 Å². The first kappa shape index (κ1) is 18.1. The normalized spacial score (nSPS) is 22.7. The molecule has 1 saturated heterocycles. The number of likely N-dealkylation sites (tertiary alicyclic amines) is 1. The first-order valence-electron chi connectivity index (χ1n) is 9.39. The van der Waals surface area contributed by atoms with Crippen molar-refractivity contribution in [2.75, 3.05) is 6.54 Å². The Hall–Kier alpha value is -1.68. The van der Waals surface area contributed by atoms with E-state index in [4.69, 9.17) is 0 Å². The minimum absolute atomic E-state index is 0.107. The van der Waals surface area contributed by atoms with Crippen LogP contribution in [0.15, 0.2) is 54.6 Å². The van der Waals surface area contributed by atoms with E-state index >= 15 is 0 Å². The maximum atomic E-state index is 9.32. The lowest BCUT2D eigenvalue weighted by atomic mass is 9.95. The smallest absolute Gasteiger partial charge is 0.0681 e. The van der Waals surface area contributed by atoms with Crippen molar-refractivity contribution in [2.45, 2.75) is 58.0 Å². The van der Waals surface area contributed by atoms with Gasteiger partial charge in [-0.3, -0.25) is 4.90 Å². The number of rotatable bonds is 6. The van der Waals surface area contributed by atoms with Crippen molar-refractivity contribution in [1.82, 2.24) is 10.2 Å². The van der Waals surface area contributed by atoms with E-state index in [1.165, 1.54) is 24.0 Å². The number of aliphatic hydroxyl groups is 1. The molecule has 3 unspecified atom stereocenters. The van der Waals surface area contributed by atoms with Gasteiger partial charge in [0.25, 0.3) is 0 Å². The Kier molecular flexibility index (Phi) is 6.24. The summed E-state index contributed by atoms with van der Waals surface area (Å²) in [5.41, 5.74) is 3.64. The van der Waals surface area contributed by atoms with Crippen LogP contribution in [0.1, 0.15) is 49.4 Å². The number of aliphatic hydroxyl groups excluding tert-OH is 1. The molecular weight excluding hydrogens is 308 g/mol. The van der Waals surface area contributed by atoms with Crippen LogP contribution in [-0.2, 0) is 13.2 Å². The summed E-state index contributed by atoms with van der Waals surface area (Å²) in [5, 5.41) is 13.1. The van der Waals surface area contributed by atoms with Crippen LogP contribution in [0.25, 0.3) is 0 Å². The summed E-state index contributed by atoms with van der Waals surface area (Å²) in [7, 11) is 0. The van der Waals surface area contributed by atoms with E-state index in [1.807, 2.05) is 12.1 Å². The fourth-order valence-electron chi connectivity index (χ4n) is 3.84. The molecule has 25 heavy (non-hydrogen) atoms. The number of nitrogens with one attached hydrogen (secondary N) is 1.